The molecule has 118 valence electrons. The fourth-order valence-corrected chi connectivity index (χ4v) is 2.90. The quantitative estimate of drug-likeness (QED) is 0.912. The Kier molecular flexibility index (Phi) is 4.81. The fourth-order valence-electron chi connectivity index (χ4n) is 2.90. The predicted molar refractivity (Wildman–Crippen MR) is 79.6 cm³/mol. The summed E-state index contributed by atoms with van der Waals surface area (Å²) in [5.41, 5.74) is 0.419. The van der Waals surface area contributed by atoms with Crippen molar-refractivity contribution in [1.82, 2.24) is 5.32 Å². The molecule has 1 aromatic carbocycles. The first kappa shape index (κ1) is 16.1. The molecule has 5 heteroatoms. The number of piperazine rings is 1. The van der Waals surface area contributed by atoms with Gasteiger partial charge in [0.25, 0.3) is 0 Å². The van der Waals surface area contributed by atoms with E-state index in [0.717, 1.165) is 26.1 Å². The summed E-state index contributed by atoms with van der Waals surface area (Å²) < 4.78 is 39.0. The Morgan fingerprint density at radius 3 is 2.67 bits per heavy atom. The zero-order valence-corrected chi connectivity index (χ0v) is 12.8. The van der Waals surface area contributed by atoms with E-state index in [1.54, 1.807) is 12.1 Å². The zero-order valence-electron chi connectivity index (χ0n) is 12.8. The summed E-state index contributed by atoms with van der Waals surface area (Å²) in [6.45, 7) is 8.15. The average Bonchev–Trinajstić information content (AvgIpc) is 2.37. The van der Waals surface area contributed by atoms with Crippen LogP contribution in [0.3, 0.4) is 0 Å². The van der Waals surface area contributed by atoms with Crippen LogP contribution < -0.4 is 10.2 Å². The van der Waals surface area contributed by atoms with Crippen molar-refractivity contribution in [2.75, 3.05) is 24.5 Å². The molecule has 1 unspecified atom stereocenters. The largest absolute Gasteiger partial charge is 0.416 e. The number of anilines is 1. The van der Waals surface area contributed by atoms with Gasteiger partial charge in [0, 0.05) is 31.4 Å². The fraction of sp³-hybridized carbons (Fsp3) is 0.625. The third kappa shape index (κ3) is 4.13. The van der Waals surface area contributed by atoms with Gasteiger partial charge >= 0.3 is 6.18 Å². The maximum Gasteiger partial charge on any atom is 0.416 e. The van der Waals surface area contributed by atoms with E-state index in [9.17, 15) is 13.2 Å². The molecular weight excluding hydrogens is 277 g/mol. The van der Waals surface area contributed by atoms with Gasteiger partial charge in [0.2, 0.25) is 0 Å². The molecule has 1 atom stereocenters. The molecular formula is C16H23F3N2. The van der Waals surface area contributed by atoms with Crippen LogP contribution in [0, 0.1) is 12.8 Å². The Morgan fingerprint density at radius 1 is 1.33 bits per heavy atom. The van der Waals surface area contributed by atoms with E-state index >= 15 is 0 Å². The molecule has 1 N–H and O–H groups in total. The van der Waals surface area contributed by atoms with E-state index in [-0.39, 0.29) is 5.56 Å². The monoisotopic (exact) mass is 300 g/mol. The van der Waals surface area contributed by atoms with Gasteiger partial charge < -0.3 is 10.2 Å². The number of aryl methyl sites for hydroxylation is 1. The van der Waals surface area contributed by atoms with Crippen molar-refractivity contribution >= 4 is 5.69 Å². The topological polar surface area (TPSA) is 15.3 Å². The Morgan fingerprint density at radius 2 is 2.05 bits per heavy atom. The normalized spacial score (nSPS) is 20.1. The molecule has 2 rings (SSSR count). The number of nitrogens with zero attached hydrogens (tertiary/aromatic N) is 1. The highest BCUT2D eigenvalue weighted by atomic mass is 19.4. The zero-order chi connectivity index (χ0) is 15.6. The molecule has 0 aliphatic carbocycles. The molecule has 0 saturated carbocycles. The lowest BCUT2D eigenvalue weighted by atomic mass is 10.0. The molecule has 0 spiro atoms. The van der Waals surface area contributed by atoms with Gasteiger partial charge in [-0.05, 0) is 37.0 Å². The van der Waals surface area contributed by atoms with Crippen molar-refractivity contribution in [3.05, 3.63) is 29.3 Å². The molecule has 1 aliphatic rings. The first-order chi connectivity index (χ1) is 9.77. The van der Waals surface area contributed by atoms with Crippen LogP contribution in [0.15, 0.2) is 18.2 Å². The summed E-state index contributed by atoms with van der Waals surface area (Å²) in [4.78, 5) is 2.05. The first-order valence-electron chi connectivity index (χ1n) is 7.43. The van der Waals surface area contributed by atoms with Gasteiger partial charge in [-0.1, -0.05) is 19.9 Å². The highest BCUT2D eigenvalue weighted by Gasteiger charge is 2.33. The average molecular weight is 300 g/mol. The number of alkyl halides is 3. The predicted octanol–water partition coefficient (Wildman–Crippen LogP) is 3.84. The van der Waals surface area contributed by atoms with E-state index in [2.05, 4.69) is 24.1 Å². The van der Waals surface area contributed by atoms with Crippen LogP contribution in [0.25, 0.3) is 0 Å². The van der Waals surface area contributed by atoms with Crippen LogP contribution in [0.2, 0.25) is 0 Å². The molecule has 21 heavy (non-hydrogen) atoms. The van der Waals surface area contributed by atoms with Gasteiger partial charge in [-0.2, -0.15) is 13.2 Å². The number of hydrogen-bond acceptors (Lipinski definition) is 2. The smallest absolute Gasteiger partial charge is 0.369 e. The number of rotatable bonds is 3. The number of nitrogens with one attached hydrogen (secondary N) is 1. The second-order valence-electron chi connectivity index (χ2n) is 6.22. The molecule has 1 saturated heterocycles. The van der Waals surface area contributed by atoms with Crippen molar-refractivity contribution in [2.45, 2.75) is 39.4 Å². The third-order valence-electron chi connectivity index (χ3n) is 3.90. The van der Waals surface area contributed by atoms with Crippen LogP contribution in [-0.4, -0.2) is 25.7 Å². The van der Waals surface area contributed by atoms with Crippen molar-refractivity contribution in [2.24, 2.45) is 5.92 Å². The van der Waals surface area contributed by atoms with Crippen molar-refractivity contribution in [3.63, 3.8) is 0 Å². The van der Waals surface area contributed by atoms with E-state index in [0.29, 0.717) is 17.6 Å². The van der Waals surface area contributed by atoms with E-state index in [4.69, 9.17) is 0 Å². The maximum absolute atomic E-state index is 13.0. The highest BCUT2D eigenvalue weighted by Crippen LogP contribution is 2.34. The summed E-state index contributed by atoms with van der Waals surface area (Å²) >= 11 is 0. The number of halogens is 3. The highest BCUT2D eigenvalue weighted by molar-refractivity contribution is 5.52. The van der Waals surface area contributed by atoms with Gasteiger partial charge in [-0.25, -0.2) is 0 Å². The lowest BCUT2D eigenvalue weighted by molar-refractivity contribution is -0.138. The van der Waals surface area contributed by atoms with Crippen LogP contribution in [0.1, 0.15) is 31.4 Å². The van der Waals surface area contributed by atoms with Crippen molar-refractivity contribution in [1.29, 1.82) is 0 Å². The second-order valence-corrected chi connectivity index (χ2v) is 6.22. The summed E-state index contributed by atoms with van der Waals surface area (Å²) in [5.74, 6) is 0.575. The van der Waals surface area contributed by atoms with Crippen LogP contribution in [0.4, 0.5) is 18.9 Å². The SMILES string of the molecule is Cc1ccc(N2CCNC(CC(C)C)C2)cc1C(F)(F)F. The Bertz CT molecular complexity index is 483. The molecule has 0 amide bonds. The van der Waals surface area contributed by atoms with E-state index in [1.165, 1.54) is 13.0 Å². The van der Waals surface area contributed by atoms with E-state index < -0.39 is 11.7 Å². The summed E-state index contributed by atoms with van der Waals surface area (Å²) in [5, 5.41) is 3.44. The number of hydrogen-bond donors (Lipinski definition) is 1. The first-order valence-corrected chi connectivity index (χ1v) is 7.43. The van der Waals surface area contributed by atoms with Crippen LogP contribution >= 0.6 is 0 Å². The van der Waals surface area contributed by atoms with Crippen molar-refractivity contribution < 1.29 is 13.2 Å². The van der Waals surface area contributed by atoms with Crippen LogP contribution in [-0.2, 0) is 6.18 Å². The molecule has 0 bridgehead atoms. The Balaban J connectivity index is 2.18. The molecule has 1 aliphatic heterocycles. The van der Waals surface area contributed by atoms with Crippen LogP contribution in [0.5, 0.6) is 0 Å². The lowest BCUT2D eigenvalue weighted by Gasteiger charge is -2.36. The number of benzene rings is 1. The van der Waals surface area contributed by atoms with Gasteiger partial charge in [-0.15, -0.1) is 0 Å². The van der Waals surface area contributed by atoms with Gasteiger partial charge in [-0.3, -0.25) is 0 Å². The molecule has 1 aromatic rings. The second kappa shape index (κ2) is 6.26. The molecule has 0 radical (unpaired) electrons. The maximum atomic E-state index is 13.0. The minimum Gasteiger partial charge on any atom is -0.369 e. The minimum atomic E-state index is -4.29. The third-order valence-corrected chi connectivity index (χ3v) is 3.90. The molecule has 1 heterocycles. The molecule has 0 aromatic heterocycles. The molecule has 2 nitrogen and oxygen atoms in total. The summed E-state index contributed by atoms with van der Waals surface area (Å²) in [6.07, 6.45) is -3.25. The minimum absolute atomic E-state index is 0.278. The Hall–Kier alpha value is -1.23. The van der Waals surface area contributed by atoms with Gasteiger partial charge in [0.15, 0.2) is 0 Å². The summed E-state index contributed by atoms with van der Waals surface area (Å²) in [7, 11) is 0. The Labute approximate surface area is 124 Å². The summed E-state index contributed by atoms with van der Waals surface area (Å²) in [6, 6.07) is 4.99. The van der Waals surface area contributed by atoms with Crippen molar-refractivity contribution in [3.8, 4) is 0 Å². The van der Waals surface area contributed by atoms with E-state index in [1.807, 2.05) is 0 Å². The van der Waals surface area contributed by atoms with Gasteiger partial charge in [0.1, 0.15) is 0 Å². The molecule has 1 fully saturated rings. The lowest BCUT2D eigenvalue weighted by Crippen LogP contribution is -2.51. The standard InChI is InChI=1S/C16H23F3N2/c1-11(2)8-13-10-21(7-6-20-13)14-5-4-12(3)15(9-14)16(17,18)19/h4-5,9,11,13,20H,6-8,10H2,1-3H3. The van der Waals surface area contributed by atoms with Gasteiger partial charge in [0.05, 0.1) is 5.56 Å².